The zero-order valence-electron chi connectivity index (χ0n) is 16.6. The van der Waals surface area contributed by atoms with Gasteiger partial charge in [0.05, 0.1) is 11.8 Å². The van der Waals surface area contributed by atoms with Crippen LogP contribution in [0.4, 0.5) is 0 Å². The van der Waals surface area contributed by atoms with E-state index in [1.807, 2.05) is 24.3 Å². The lowest BCUT2D eigenvalue weighted by molar-refractivity contribution is -0.160. The van der Waals surface area contributed by atoms with Gasteiger partial charge in [0.2, 0.25) is 0 Å². The lowest BCUT2D eigenvalue weighted by Gasteiger charge is -2.23. The van der Waals surface area contributed by atoms with Crippen molar-refractivity contribution >= 4 is 11.9 Å². The molecule has 0 amide bonds. The van der Waals surface area contributed by atoms with E-state index >= 15 is 0 Å². The summed E-state index contributed by atoms with van der Waals surface area (Å²) in [4.78, 5) is 23.7. The first-order valence-corrected chi connectivity index (χ1v) is 9.22. The number of esters is 1. The molecule has 0 aromatic heterocycles. The molecule has 2 unspecified atom stereocenters. The van der Waals surface area contributed by atoms with Crippen molar-refractivity contribution in [3.63, 3.8) is 0 Å². The Bertz CT molecular complexity index is 673. The molecule has 0 fully saturated rings. The maximum atomic E-state index is 12.1. The highest BCUT2D eigenvalue weighted by Crippen LogP contribution is 2.22. The third kappa shape index (κ3) is 9.25. The van der Waals surface area contributed by atoms with Gasteiger partial charge in [-0.05, 0) is 51.2 Å². The Kier molecular flexibility index (Phi) is 9.04. The van der Waals surface area contributed by atoms with Crippen LogP contribution in [0.5, 0.6) is 0 Å². The van der Waals surface area contributed by atoms with E-state index in [1.54, 1.807) is 27.7 Å². The van der Waals surface area contributed by atoms with Gasteiger partial charge in [0.15, 0.2) is 0 Å². The van der Waals surface area contributed by atoms with Gasteiger partial charge in [0, 0.05) is 6.42 Å². The van der Waals surface area contributed by atoms with Crippen molar-refractivity contribution in [2.45, 2.75) is 59.0 Å². The monoisotopic (exact) mass is 374 g/mol. The Morgan fingerprint density at radius 1 is 1.11 bits per heavy atom. The van der Waals surface area contributed by atoms with Gasteiger partial charge >= 0.3 is 11.9 Å². The molecule has 5 heteroatoms. The minimum absolute atomic E-state index is 0.142. The van der Waals surface area contributed by atoms with Gasteiger partial charge in [-0.3, -0.25) is 9.59 Å². The number of rotatable bonds is 8. The van der Waals surface area contributed by atoms with Crippen LogP contribution < -0.4 is 0 Å². The topological polar surface area (TPSA) is 83.8 Å². The third-order valence-electron chi connectivity index (χ3n) is 4.10. The molecule has 2 N–H and O–H groups in total. The minimum atomic E-state index is -0.888. The number of carbonyl (C=O) groups excluding carboxylic acids is 1. The molecule has 1 rings (SSSR count). The Morgan fingerprint density at radius 2 is 1.70 bits per heavy atom. The summed E-state index contributed by atoms with van der Waals surface area (Å²) in [6.07, 6.45) is 1.93. The first kappa shape index (κ1) is 22.7. The molecule has 0 heterocycles. The summed E-state index contributed by atoms with van der Waals surface area (Å²) < 4.78 is 5.34. The normalized spacial score (nSPS) is 13.2. The van der Waals surface area contributed by atoms with Crippen LogP contribution in [-0.2, 0) is 27.2 Å². The van der Waals surface area contributed by atoms with Gasteiger partial charge in [0.25, 0.3) is 0 Å². The fraction of sp³-hybridized carbons (Fsp3) is 0.545. The maximum absolute atomic E-state index is 12.1. The summed E-state index contributed by atoms with van der Waals surface area (Å²) in [5.41, 5.74) is 1.52. The van der Waals surface area contributed by atoms with E-state index in [0.29, 0.717) is 19.3 Å². The SMILES string of the molecule is CC(CC(CCc1ccc(CC#CCO)cc1)C(=O)O)C(=O)OC(C)(C)C. The Labute approximate surface area is 161 Å². The van der Waals surface area contributed by atoms with Gasteiger partial charge in [-0.15, -0.1) is 0 Å². The molecule has 0 radical (unpaired) electrons. The molecule has 0 aliphatic heterocycles. The van der Waals surface area contributed by atoms with Crippen LogP contribution in [0.25, 0.3) is 0 Å². The van der Waals surface area contributed by atoms with Crippen LogP contribution in [0, 0.1) is 23.7 Å². The second-order valence-electron chi connectivity index (χ2n) is 7.75. The summed E-state index contributed by atoms with van der Waals surface area (Å²) in [6.45, 7) is 6.96. The molecule has 1 aromatic rings. The second-order valence-corrected chi connectivity index (χ2v) is 7.75. The van der Waals surface area contributed by atoms with Gasteiger partial charge in [-0.25, -0.2) is 0 Å². The molecule has 0 saturated carbocycles. The number of hydrogen-bond acceptors (Lipinski definition) is 4. The van der Waals surface area contributed by atoms with E-state index in [2.05, 4.69) is 11.8 Å². The number of carboxylic acid groups (broad SMARTS) is 1. The third-order valence-corrected chi connectivity index (χ3v) is 4.10. The van der Waals surface area contributed by atoms with Crippen molar-refractivity contribution in [3.05, 3.63) is 35.4 Å². The largest absolute Gasteiger partial charge is 0.481 e. The molecule has 0 aliphatic carbocycles. The molecular weight excluding hydrogens is 344 g/mol. The predicted octanol–water partition coefficient (Wildman–Crippen LogP) is 3.23. The smallest absolute Gasteiger partial charge is 0.309 e. The lowest BCUT2D eigenvalue weighted by atomic mass is 9.90. The van der Waals surface area contributed by atoms with Gasteiger partial charge in [-0.1, -0.05) is 43.0 Å². The van der Waals surface area contributed by atoms with Crippen LogP contribution in [0.2, 0.25) is 0 Å². The fourth-order valence-electron chi connectivity index (χ4n) is 2.65. The van der Waals surface area contributed by atoms with E-state index in [9.17, 15) is 14.7 Å². The highest BCUT2D eigenvalue weighted by atomic mass is 16.6. The average Bonchev–Trinajstić information content (AvgIpc) is 2.58. The fourth-order valence-corrected chi connectivity index (χ4v) is 2.65. The van der Waals surface area contributed by atoms with Crippen molar-refractivity contribution in [1.29, 1.82) is 0 Å². The van der Waals surface area contributed by atoms with Crippen LogP contribution in [-0.4, -0.2) is 34.4 Å². The van der Waals surface area contributed by atoms with Gasteiger partial charge < -0.3 is 14.9 Å². The number of carbonyl (C=O) groups is 2. The minimum Gasteiger partial charge on any atom is -0.481 e. The van der Waals surface area contributed by atoms with Crippen molar-refractivity contribution in [3.8, 4) is 11.8 Å². The number of aryl methyl sites for hydroxylation is 1. The summed E-state index contributed by atoms with van der Waals surface area (Å²) in [7, 11) is 0. The molecule has 0 aliphatic rings. The molecule has 0 bridgehead atoms. The van der Waals surface area contributed by atoms with Crippen molar-refractivity contribution in [1.82, 2.24) is 0 Å². The van der Waals surface area contributed by atoms with Crippen molar-refractivity contribution in [2.24, 2.45) is 11.8 Å². The highest BCUT2D eigenvalue weighted by Gasteiger charge is 2.27. The molecule has 0 saturated heterocycles. The van der Waals surface area contributed by atoms with Gasteiger partial charge in [-0.2, -0.15) is 0 Å². The van der Waals surface area contributed by atoms with E-state index in [-0.39, 0.29) is 19.0 Å². The number of aliphatic hydroxyl groups is 1. The lowest BCUT2D eigenvalue weighted by Crippen LogP contribution is -2.29. The summed E-state index contributed by atoms with van der Waals surface area (Å²) >= 11 is 0. The van der Waals surface area contributed by atoms with Crippen molar-refractivity contribution < 1.29 is 24.5 Å². The predicted molar refractivity (Wildman–Crippen MR) is 104 cm³/mol. The van der Waals surface area contributed by atoms with E-state index < -0.39 is 23.4 Å². The average molecular weight is 374 g/mol. The Morgan fingerprint density at radius 3 is 2.22 bits per heavy atom. The Hall–Kier alpha value is -2.32. The van der Waals surface area contributed by atoms with Crippen molar-refractivity contribution in [2.75, 3.05) is 6.61 Å². The maximum Gasteiger partial charge on any atom is 0.309 e. The van der Waals surface area contributed by atoms with Crippen LogP contribution in [0.3, 0.4) is 0 Å². The van der Waals surface area contributed by atoms with Crippen LogP contribution in [0.15, 0.2) is 24.3 Å². The van der Waals surface area contributed by atoms with E-state index in [1.165, 1.54) is 0 Å². The number of aliphatic hydroxyl groups excluding tert-OH is 1. The number of hydrogen-bond donors (Lipinski definition) is 2. The summed E-state index contributed by atoms with van der Waals surface area (Å²) in [5, 5.41) is 18.1. The van der Waals surface area contributed by atoms with E-state index in [4.69, 9.17) is 9.84 Å². The molecule has 1 aromatic carbocycles. The molecule has 2 atom stereocenters. The second kappa shape index (κ2) is 10.7. The number of carboxylic acids is 1. The Balaban J connectivity index is 2.60. The van der Waals surface area contributed by atoms with Gasteiger partial charge in [0.1, 0.15) is 12.2 Å². The molecule has 148 valence electrons. The summed E-state index contributed by atoms with van der Waals surface area (Å²) in [5.74, 6) is 3.17. The first-order chi connectivity index (χ1) is 12.6. The van der Waals surface area contributed by atoms with Crippen LogP contribution >= 0.6 is 0 Å². The quantitative estimate of drug-likeness (QED) is 0.539. The first-order valence-electron chi connectivity index (χ1n) is 9.22. The molecule has 0 spiro atoms. The molecule has 5 nitrogen and oxygen atoms in total. The van der Waals surface area contributed by atoms with Crippen LogP contribution in [0.1, 0.15) is 51.7 Å². The summed E-state index contributed by atoms with van der Waals surface area (Å²) in [6, 6.07) is 7.85. The standard InChI is InChI=1S/C22H30O5/c1-16(21(26)27-22(2,3)4)15-19(20(24)25)13-12-18-10-8-17(9-11-18)7-5-6-14-23/h8-11,16,19,23H,7,12-15H2,1-4H3,(H,24,25). The highest BCUT2D eigenvalue weighted by molar-refractivity contribution is 5.75. The number of aliphatic carboxylic acids is 1. The molecule has 27 heavy (non-hydrogen) atoms. The van der Waals surface area contributed by atoms with E-state index in [0.717, 1.165) is 11.1 Å². The number of ether oxygens (including phenoxy) is 1. The molecular formula is C22H30O5. The zero-order chi connectivity index (χ0) is 20.4. The number of benzene rings is 1. The zero-order valence-corrected chi connectivity index (χ0v) is 16.6.